The number of ketones is 2. The first-order valence-corrected chi connectivity index (χ1v) is 10.3. The van der Waals surface area contributed by atoms with Gasteiger partial charge in [0.2, 0.25) is 15.8 Å². The van der Waals surface area contributed by atoms with Gasteiger partial charge in [-0.1, -0.05) is 12.1 Å². The van der Waals surface area contributed by atoms with Crippen LogP contribution in [0, 0.1) is 13.8 Å². The second-order valence-electron chi connectivity index (χ2n) is 6.51. The molecule has 2 aromatic rings. The monoisotopic (exact) mass is 406 g/mol. The van der Waals surface area contributed by atoms with Gasteiger partial charge in [0.25, 0.3) is 0 Å². The van der Waals surface area contributed by atoms with Crippen LogP contribution in [0.1, 0.15) is 56.3 Å². The maximum absolute atomic E-state index is 12.7. The molecule has 0 unspecified atom stereocenters. The summed E-state index contributed by atoms with van der Waals surface area (Å²) in [4.78, 5) is 39.8. The van der Waals surface area contributed by atoms with Gasteiger partial charge in [-0.2, -0.15) is 0 Å². The van der Waals surface area contributed by atoms with Crippen molar-refractivity contribution in [3.05, 3.63) is 52.3 Å². The molecule has 0 fully saturated rings. The predicted octanol–water partition coefficient (Wildman–Crippen LogP) is 2.63. The number of H-pyrrole nitrogens is 1. The summed E-state index contributed by atoms with van der Waals surface area (Å²) in [6, 6.07) is 5.92. The van der Waals surface area contributed by atoms with Gasteiger partial charge in [-0.05, 0) is 45.4 Å². The Labute approximate surface area is 163 Å². The van der Waals surface area contributed by atoms with Gasteiger partial charge in [0.15, 0.2) is 11.9 Å². The fourth-order valence-corrected chi connectivity index (χ4v) is 3.53. The van der Waals surface area contributed by atoms with Crippen molar-refractivity contribution < 1.29 is 27.5 Å². The summed E-state index contributed by atoms with van der Waals surface area (Å²) in [5.74, 6) is -1.51. The molecular formula is C19H22N2O6S. The van der Waals surface area contributed by atoms with E-state index in [0.717, 1.165) is 6.26 Å². The molecule has 0 bridgehead atoms. The SMILES string of the molecule is CC(=O)c1c(C)[nH]c(C(=O)[C@H](C)OC(=O)c2ccccc2NS(C)(=O)=O)c1C. The van der Waals surface area contributed by atoms with Crippen LogP contribution in [0.3, 0.4) is 0 Å². The lowest BCUT2D eigenvalue weighted by molar-refractivity contribution is 0.0318. The van der Waals surface area contributed by atoms with E-state index >= 15 is 0 Å². The Hall–Kier alpha value is -2.94. The largest absolute Gasteiger partial charge is 0.451 e. The minimum Gasteiger partial charge on any atom is -0.451 e. The number of nitrogens with one attached hydrogen (secondary N) is 2. The van der Waals surface area contributed by atoms with Gasteiger partial charge >= 0.3 is 5.97 Å². The lowest BCUT2D eigenvalue weighted by Crippen LogP contribution is -2.26. The average molecular weight is 406 g/mol. The van der Waals surface area contributed by atoms with Gasteiger partial charge in [0.05, 0.1) is 23.2 Å². The zero-order valence-corrected chi connectivity index (χ0v) is 17.1. The van der Waals surface area contributed by atoms with Crippen LogP contribution in [-0.2, 0) is 14.8 Å². The van der Waals surface area contributed by atoms with Crippen molar-refractivity contribution >= 4 is 33.2 Å². The third kappa shape index (κ3) is 4.66. The number of aromatic amines is 1. The quantitative estimate of drug-likeness (QED) is 0.538. The fourth-order valence-electron chi connectivity index (χ4n) is 2.96. The molecule has 9 heteroatoms. The predicted molar refractivity (Wildman–Crippen MR) is 104 cm³/mol. The number of ether oxygens (including phenoxy) is 1. The molecule has 0 saturated heterocycles. The van der Waals surface area contributed by atoms with Gasteiger partial charge in [-0.15, -0.1) is 0 Å². The summed E-state index contributed by atoms with van der Waals surface area (Å²) >= 11 is 0. The number of Topliss-reactive ketones (excluding diaryl/α,β-unsaturated/α-hetero) is 2. The zero-order chi connectivity index (χ0) is 21.2. The Bertz CT molecular complexity index is 1050. The molecule has 0 aliphatic carbocycles. The van der Waals surface area contributed by atoms with Crippen molar-refractivity contribution in [1.82, 2.24) is 4.98 Å². The lowest BCUT2D eigenvalue weighted by atomic mass is 10.0. The van der Waals surface area contributed by atoms with Crippen LogP contribution in [0.2, 0.25) is 0 Å². The summed E-state index contributed by atoms with van der Waals surface area (Å²) in [5, 5.41) is 0. The van der Waals surface area contributed by atoms with Crippen molar-refractivity contribution in [3.8, 4) is 0 Å². The second-order valence-corrected chi connectivity index (χ2v) is 8.26. The van der Waals surface area contributed by atoms with Crippen LogP contribution >= 0.6 is 0 Å². The number of esters is 1. The first-order chi connectivity index (χ1) is 12.9. The topological polar surface area (TPSA) is 122 Å². The summed E-state index contributed by atoms with van der Waals surface area (Å²) < 4.78 is 30.4. The number of carbonyl (C=O) groups excluding carboxylic acids is 3. The van der Waals surface area contributed by atoms with Crippen LogP contribution in [0.4, 0.5) is 5.69 Å². The highest BCUT2D eigenvalue weighted by atomic mass is 32.2. The molecule has 8 nitrogen and oxygen atoms in total. The molecule has 1 aromatic heterocycles. The normalized spacial score (nSPS) is 12.3. The molecule has 1 atom stereocenters. The minimum absolute atomic E-state index is 0.0172. The number of aryl methyl sites for hydroxylation is 1. The van der Waals surface area contributed by atoms with Gasteiger partial charge in [-0.25, -0.2) is 13.2 Å². The van der Waals surface area contributed by atoms with E-state index in [-0.39, 0.29) is 22.7 Å². The van der Waals surface area contributed by atoms with Crippen LogP contribution in [0.15, 0.2) is 24.3 Å². The Morgan fingerprint density at radius 3 is 2.29 bits per heavy atom. The van der Waals surface area contributed by atoms with Crippen molar-refractivity contribution in [2.75, 3.05) is 11.0 Å². The number of anilines is 1. The van der Waals surface area contributed by atoms with E-state index in [1.54, 1.807) is 26.0 Å². The van der Waals surface area contributed by atoms with Gasteiger partial charge < -0.3 is 9.72 Å². The van der Waals surface area contributed by atoms with Gasteiger partial charge in [0.1, 0.15) is 0 Å². The molecule has 0 aliphatic rings. The lowest BCUT2D eigenvalue weighted by Gasteiger charge is -2.14. The standard InChI is InChI=1S/C19H22N2O6S/c1-10-16(12(3)22)11(2)20-17(10)18(23)13(4)27-19(24)14-8-6-7-9-15(14)21-28(5,25)26/h6-9,13,20-21H,1-5H3/t13-/m0/s1. The molecule has 2 N–H and O–H groups in total. The van der Waals surface area contributed by atoms with Crippen LogP contribution in [0.25, 0.3) is 0 Å². The number of hydrogen-bond acceptors (Lipinski definition) is 6. The molecule has 0 aliphatic heterocycles. The zero-order valence-electron chi connectivity index (χ0n) is 16.2. The number of carbonyl (C=O) groups is 3. The van der Waals surface area contributed by atoms with Crippen molar-refractivity contribution in [1.29, 1.82) is 0 Å². The Balaban J connectivity index is 2.25. The Morgan fingerprint density at radius 2 is 1.75 bits per heavy atom. The molecule has 0 saturated carbocycles. The highest BCUT2D eigenvalue weighted by Crippen LogP contribution is 2.22. The Morgan fingerprint density at radius 1 is 1.14 bits per heavy atom. The van der Waals surface area contributed by atoms with E-state index in [4.69, 9.17) is 4.74 Å². The maximum Gasteiger partial charge on any atom is 0.340 e. The molecule has 0 amide bonds. The molecule has 28 heavy (non-hydrogen) atoms. The summed E-state index contributed by atoms with van der Waals surface area (Å²) in [7, 11) is -3.60. The highest BCUT2D eigenvalue weighted by molar-refractivity contribution is 7.92. The van der Waals surface area contributed by atoms with E-state index in [0.29, 0.717) is 16.8 Å². The van der Waals surface area contributed by atoms with E-state index < -0.39 is 27.9 Å². The highest BCUT2D eigenvalue weighted by Gasteiger charge is 2.27. The van der Waals surface area contributed by atoms with Crippen LogP contribution in [-0.4, -0.2) is 43.3 Å². The summed E-state index contributed by atoms with van der Waals surface area (Å²) in [5.41, 5.74) is 1.73. The number of sulfonamides is 1. The fraction of sp³-hybridized carbons (Fsp3) is 0.316. The molecular weight excluding hydrogens is 384 g/mol. The van der Waals surface area contributed by atoms with E-state index in [2.05, 4.69) is 9.71 Å². The van der Waals surface area contributed by atoms with Gasteiger partial charge in [0, 0.05) is 11.3 Å². The Kier molecular flexibility index (Phi) is 6.08. The molecule has 150 valence electrons. The summed E-state index contributed by atoms with van der Waals surface area (Å²) in [6.45, 7) is 6.15. The van der Waals surface area contributed by atoms with E-state index in [1.807, 2.05) is 0 Å². The second kappa shape index (κ2) is 7.97. The minimum atomic E-state index is -3.60. The maximum atomic E-state index is 12.7. The van der Waals surface area contributed by atoms with E-state index in [1.165, 1.54) is 26.0 Å². The molecule has 2 rings (SSSR count). The number of rotatable bonds is 7. The number of benzene rings is 1. The first-order valence-electron chi connectivity index (χ1n) is 8.44. The number of para-hydroxylation sites is 1. The molecule has 0 spiro atoms. The van der Waals surface area contributed by atoms with Crippen molar-refractivity contribution in [2.45, 2.75) is 33.8 Å². The number of aromatic nitrogens is 1. The third-order valence-corrected chi connectivity index (χ3v) is 4.72. The average Bonchev–Trinajstić information content (AvgIpc) is 2.87. The number of hydrogen-bond donors (Lipinski definition) is 2. The molecule has 1 aromatic carbocycles. The van der Waals surface area contributed by atoms with Gasteiger partial charge in [-0.3, -0.25) is 14.3 Å². The van der Waals surface area contributed by atoms with Crippen LogP contribution < -0.4 is 4.72 Å². The van der Waals surface area contributed by atoms with Crippen molar-refractivity contribution in [3.63, 3.8) is 0 Å². The summed E-state index contributed by atoms with van der Waals surface area (Å²) in [6.07, 6.45) is -0.181. The first kappa shape index (κ1) is 21.4. The molecule has 0 radical (unpaired) electrons. The molecule has 1 heterocycles. The smallest absolute Gasteiger partial charge is 0.340 e. The van der Waals surface area contributed by atoms with E-state index in [9.17, 15) is 22.8 Å². The third-order valence-electron chi connectivity index (χ3n) is 4.13. The van der Waals surface area contributed by atoms with Crippen LogP contribution in [0.5, 0.6) is 0 Å². The van der Waals surface area contributed by atoms with Crippen molar-refractivity contribution in [2.24, 2.45) is 0 Å².